The number of carbonyl (C=O) groups excluding carboxylic acids is 2. The Labute approximate surface area is 201 Å². The van der Waals surface area contributed by atoms with E-state index in [1.54, 1.807) is 60.7 Å². The molecule has 0 unspecified atom stereocenters. The highest BCUT2D eigenvalue weighted by Crippen LogP contribution is 2.17. The molecule has 4 aromatic rings. The smallest absolute Gasteiger partial charge is 0.291 e. The maximum absolute atomic E-state index is 12.5. The van der Waals surface area contributed by atoms with Crippen molar-refractivity contribution in [3.63, 3.8) is 0 Å². The Morgan fingerprint density at radius 3 is 2.24 bits per heavy atom. The molecule has 0 bridgehead atoms. The van der Waals surface area contributed by atoms with Crippen LogP contribution in [0.5, 0.6) is 5.75 Å². The summed E-state index contributed by atoms with van der Waals surface area (Å²) in [6.07, 6.45) is 1.43. The molecule has 170 valence electrons. The molecule has 34 heavy (non-hydrogen) atoms. The number of anilines is 2. The lowest BCUT2D eigenvalue weighted by Crippen LogP contribution is -2.34. The Morgan fingerprint density at radius 1 is 0.794 bits per heavy atom. The Bertz CT molecular complexity index is 1270. The number of rotatable bonds is 7. The molecule has 0 aliphatic carbocycles. The molecule has 1 heterocycles. The lowest BCUT2D eigenvalue weighted by Gasteiger charge is -2.11. The summed E-state index contributed by atoms with van der Waals surface area (Å²) in [5.74, 6) is 0.149. The molecule has 0 atom stereocenters. The zero-order valence-corrected chi connectivity index (χ0v) is 18.8. The summed E-state index contributed by atoms with van der Waals surface area (Å²) < 4.78 is 10.8. The maximum atomic E-state index is 12.5. The van der Waals surface area contributed by atoms with Gasteiger partial charge in [0.25, 0.3) is 11.8 Å². The van der Waals surface area contributed by atoms with Gasteiger partial charge in [0.05, 0.1) is 6.26 Å². The van der Waals surface area contributed by atoms with E-state index < -0.39 is 0 Å². The summed E-state index contributed by atoms with van der Waals surface area (Å²) in [5.41, 5.74) is 2.65. The highest BCUT2D eigenvalue weighted by atomic mass is 32.1. The molecule has 0 aliphatic heterocycles. The predicted octanol–water partition coefficient (Wildman–Crippen LogP) is 5.24. The van der Waals surface area contributed by atoms with Crippen molar-refractivity contribution in [3.8, 4) is 5.75 Å². The van der Waals surface area contributed by atoms with Gasteiger partial charge in [-0.1, -0.05) is 36.4 Å². The number of carbonyl (C=O) groups is 2. The molecular weight excluding hydrogens is 450 g/mol. The molecule has 8 heteroatoms. The normalized spacial score (nSPS) is 10.2. The number of amides is 2. The van der Waals surface area contributed by atoms with Crippen LogP contribution >= 0.6 is 12.2 Å². The van der Waals surface area contributed by atoms with Gasteiger partial charge in [0.15, 0.2) is 10.9 Å². The van der Waals surface area contributed by atoms with Gasteiger partial charge in [0.1, 0.15) is 12.4 Å². The highest BCUT2D eigenvalue weighted by Gasteiger charge is 2.11. The topological polar surface area (TPSA) is 92.6 Å². The molecule has 0 saturated heterocycles. The summed E-state index contributed by atoms with van der Waals surface area (Å²) in [6.45, 7) is 0.446. The van der Waals surface area contributed by atoms with Crippen LogP contribution in [-0.2, 0) is 6.61 Å². The van der Waals surface area contributed by atoms with Crippen LogP contribution in [0, 0.1) is 0 Å². The lowest BCUT2D eigenvalue weighted by atomic mass is 10.2. The lowest BCUT2D eigenvalue weighted by molar-refractivity contribution is 0.0975. The molecule has 3 aromatic carbocycles. The Balaban J connectivity index is 1.29. The maximum Gasteiger partial charge on any atom is 0.291 e. The van der Waals surface area contributed by atoms with Crippen molar-refractivity contribution in [2.75, 3.05) is 10.6 Å². The molecule has 0 saturated carbocycles. The quantitative estimate of drug-likeness (QED) is 0.319. The van der Waals surface area contributed by atoms with E-state index in [-0.39, 0.29) is 22.7 Å². The van der Waals surface area contributed by atoms with Crippen molar-refractivity contribution >= 4 is 40.5 Å². The summed E-state index contributed by atoms with van der Waals surface area (Å²) in [4.78, 5) is 24.7. The molecule has 0 aliphatic rings. The summed E-state index contributed by atoms with van der Waals surface area (Å²) >= 11 is 5.26. The van der Waals surface area contributed by atoms with Crippen molar-refractivity contribution in [3.05, 3.63) is 114 Å². The second-order valence-corrected chi connectivity index (χ2v) is 7.63. The van der Waals surface area contributed by atoms with Gasteiger partial charge in [0.2, 0.25) is 0 Å². The first-order valence-electron chi connectivity index (χ1n) is 10.4. The van der Waals surface area contributed by atoms with Crippen molar-refractivity contribution in [1.82, 2.24) is 5.32 Å². The van der Waals surface area contributed by atoms with Gasteiger partial charge in [0, 0.05) is 16.9 Å². The SMILES string of the molecule is O=C(NC(=S)Nc1cccc(NC(=O)c2ccco2)c1)c1ccc(OCc2ccccc2)cc1. The minimum absolute atomic E-state index is 0.129. The van der Waals surface area contributed by atoms with Crippen LogP contribution < -0.4 is 20.7 Å². The highest BCUT2D eigenvalue weighted by molar-refractivity contribution is 7.80. The van der Waals surface area contributed by atoms with E-state index in [4.69, 9.17) is 21.4 Å². The molecule has 3 N–H and O–H groups in total. The molecule has 1 aromatic heterocycles. The van der Waals surface area contributed by atoms with E-state index in [2.05, 4.69) is 16.0 Å². The molecular formula is C26H21N3O4S. The zero-order chi connectivity index (χ0) is 23.8. The van der Waals surface area contributed by atoms with Crippen LogP contribution in [0.1, 0.15) is 26.5 Å². The minimum atomic E-state index is -0.366. The van der Waals surface area contributed by atoms with E-state index in [0.29, 0.717) is 29.3 Å². The first-order valence-corrected chi connectivity index (χ1v) is 10.8. The summed E-state index contributed by atoms with van der Waals surface area (Å²) in [6, 6.07) is 26.8. The van der Waals surface area contributed by atoms with Crippen LogP contribution in [-0.4, -0.2) is 16.9 Å². The molecule has 7 nitrogen and oxygen atoms in total. The van der Waals surface area contributed by atoms with Gasteiger partial charge in [-0.25, -0.2) is 0 Å². The Kier molecular flexibility index (Phi) is 7.32. The van der Waals surface area contributed by atoms with Gasteiger partial charge in [-0.15, -0.1) is 0 Å². The van der Waals surface area contributed by atoms with Crippen LogP contribution in [0.2, 0.25) is 0 Å². The summed E-state index contributed by atoms with van der Waals surface area (Å²) in [7, 11) is 0. The van der Waals surface area contributed by atoms with Crippen molar-refractivity contribution in [2.45, 2.75) is 6.61 Å². The van der Waals surface area contributed by atoms with E-state index in [1.807, 2.05) is 30.3 Å². The van der Waals surface area contributed by atoms with Crippen LogP contribution in [0.4, 0.5) is 11.4 Å². The second-order valence-electron chi connectivity index (χ2n) is 7.22. The van der Waals surface area contributed by atoms with Gasteiger partial charge < -0.3 is 19.8 Å². The van der Waals surface area contributed by atoms with E-state index in [9.17, 15) is 9.59 Å². The first-order chi connectivity index (χ1) is 16.6. The number of nitrogens with one attached hydrogen (secondary N) is 3. The Hall–Kier alpha value is -4.43. The fraction of sp³-hybridized carbons (Fsp3) is 0.0385. The standard InChI is InChI=1S/C26H21N3O4S/c30-24(19-11-13-22(14-12-19)33-17-18-6-2-1-3-7-18)29-26(34)28-21-9-4-8-20(16-21)27-25(31)23-10-5-15-32-23/h1-16H,17H2,(H,27,31)(H2,28,29,30,34). The van der Waals surface area contributed by atoms with Gasteiger partial charge >= 0.3 is 0 Å². The molecule has 0 fully saturated rings. The number of thiocarbonyl (C=S) groups is 1. The third-order valence-electron chi connectivity index (χ3n) is 4.72. The van der Waals surface area contributed by atoms with Crippen LogP contribution in [0.25, 0.3) is 0 Å². The van der Waals surface area contributed by atoms with Gasteiger partial charge in [-0.2, -0.15) is 0 Å². The molecule has 0 radical (unpaired) electrons. The van der Waals surface area contributed by atoms with Crippen molar-refractivity contribution in [2.24, 2.45) is 0 Å². The predicted molar refractivity (Wildman–Crippen MR) is 134 cm³/mol. The number of furan rings is 1. The average Bonchev–Trinajstić information content (AvgIpc) is 3.39. The molecule has 0 spiro atoms. The molecule has 4 rings (SSSR count). The third kappa shape index (κ3) is 6.30. The van der Waals surface area contributed by atoms with Crippen LogP contribution in [0.15, 0.2) is 102 Å². The second kappa shape index (κ2) is 10.9. The third-order valence-corrected chi connectivity index (χ3v) is 4.92. The fourth-order valence-corrected chi connectivity index (χ4v) is 3.27. The monoisotopic (exact) mass is 471 g/mol. The van der Waals surface area contributed by atoms with Gasteiger partial charge in [-0.3, -0.25) is 14.9 Å². The van der Waals surface area contributed by atoms with Gasteiger partial charge in [-0.05, 0) is 72.4 Å². The first kappa shape index (κ1) is 22.8. The largest absolute Gasteiger partial charge is 0.489 e. The summed E-state index contributed by atoms with van der Waals surface area (Å²) in [5, 5.41) is 8.45. The zero-order valence-electron chi connectivity index (χ0n) is 18.0. The van der Waals surface area contributed by atoms with Crippen LogP contribution in [0.3, 0.4) is 0 Å². The fourth-order valence-electron chi connectivity index (χ4n) is 3.06. The van der Waals surface area contributed by atoms with E-state index in [0.717, 1.165) is 5.56 Å². The number of ether oxygens (including phenoxy) is 1. The van der Waals surface area contributed by atoms with Crippen molar-refractivity contribution in [1.29, 1.82) is 0 Å². The number of hydrogen-bond donors (Lipinski definition) is 3. The number of hydrogen-bond acceptors (Lipinski definition) is 5. The van der Waals surface area contributed by atoms with E-state index >= 15 is 0 Å². The minimum Gasteiger partial charge on any atom is -0.489 e. The average molecular weight is 472 g/mol. The van der Waals surface area contributed by atoms with E-state index in [1.165, 1.54) is 6.26 Å². The molecule has 2 amide bonds. The van der Waals surface area contributed by atoms with Crippen molar-refractivity contribution < 1.29 is 18.7 Å². The number of benzene rings is 3. The Morgan fingerprint density at radius 2 is 1.53 bits per heavy atom.